The standard InChI is InChI=1S/C28H28B.C8H15NO/c1-21-5-13-25(14-6-21)29(26-15-7-22(2)8-16-26,27-17-9-23(3)10-18-27)28-19-11-24(4)12-20-28;1-9-6-2-3-7(9)5-8(10)4-6/h5-20H,1-4H3;6-8,10H,2-5H2,1H3/q-1;/p+1. The van der Waals surface area contributed by atoms with E-state index >= 15 is 0 Å². The maximum atomic E-state index is 9.39. The van der Waals surface area contributed by atoms with Gasteiger partial charge in [-0.05, 0) is 27.7 Å². The van der Waals surface area contributed by atoms with E-state index in [1.807, 2.05) is 0 Å². The van der Waals surface area contributed by atoms with Gasteiger partial charge in [-0.15, -0.1) is 0 Å². The summed E-state index contributed by atoms with van der Waals surface area (Å²) in [6.07, 6.45) is 3.51. The Morgan fingerprint density at radius 1 is 0.513 bits per heavy atom. The highest BCUT2D eigenvalue weighted by Gasteiger charge is 2.41. The first-order chi connectivity index (χ1) is 18.8. The highest BCUT2D eigenvalue weighted by Crippen LogP contribution is 2.21. The van der Waals surface area contributed by atoms with E-state index in [9.17, 15) is 5.11 Å². The van der Waals surface area contributed by atoms with E-state index in [1.54, 1.807) is 4.90 Å². The average Bonchev–Trinajstić information content (AvgIpc) is 3.13. The SMILES string of the molecule is C[NH+]1C2CCC1CC(O)C2.Cc1ccc([B-](c2ccc(C)cc2)(c2ccc(C)cc2)c2ccc(C)cc2)cc1. The fourth-order valence-electron chi connectivity index (χ4n) is 7.13. The topological polar surface area (TPSA) is 24.7 Å². The van der Waals surface area contributed by atoms with Gasteiger partial charge in [0.1, 0.15) is 6.15 Å². The van der Waals surface area contributed by atoms with Gasteiger partial charge in [0.2, 0.25) is 0 Å². The first kappa shape index (κ1) is 27.4. The van der Waals surface area contributed by atoms with Crippen molar-refractivity contribution in [1.82, 2.24) is 0 Å². The molecule has 0 amide bonds. The molecule has 2 aliphatic rings. The van der Waals surface area contributed by atoms with Crippen LogP contribution in [0.5, 0.6) is 0 Å². The number of aryl methyl sites for hydroxylation is 4. The molecule has 6 rings (SSSR count). The maximum Gasteiger partial charge on any atom is 0.108 e. The van der Waals surface area contributed by atoms with Gasteiger partial charge < -0.3 is 10.0 Å². The van der Waals surface area contributed by atoms with Gasteiger partial charge in [0.05, 0.1) is 25.2 Å². The van der Waals surface area contributed by atoms with Crippen LogP contribution in [0, 0.1) is 27.7 Å². The number of piperidine rings is 1. The Kier molecular flexibility index (Phi) is 8.12. The summed E-state index contributed by atoms with van der Waals surface area (Å²) in [5, 5.41) is 9.39. The Morgan fingerprint density at radius 3 is 1.03 bits per heavy atom. The van der Waals surface area contributed by atoms with Gasteiger partial charge in [-0.2, -0.15) is 21.9 Å². The first-order valence-electron chi connectivity index (χ1n) is 14.7. The molecule has 2 saturated heterocycles. The number of hydrogen-bond acceptors (Lipinski definition) is 1. The van der Waals surface area contributed by atoms with Crippen LogP contribution in [0.1, 0.15) is 47.9 Å². The summed E-state index contributed by atoms with van der Waals surface area (Å²) in [5.74, 6) is 0. The minimum atomic E-state index is -1.27. The van der Waals surface area contributed by atoms with Crippen molar-refractivity contribution in [2.45, 2.75) is 71.6 Å². The van der Waals surface area contributed by atoms with Crippen LogP contribution in [0.4, 0.5) is 0 Å². The summed E-state index contributed by atoms with van der Waals surface area (Å²) in [6.45, 7) is 8.62. The van der Waals surface area contributed by atoms with Crippen LogP contribution in [0.15, 0.2) is 97.1 Å². The number of aliphatic hydroxyl groups excluding tert-OH is 1. The smallest absolute Gasteiger partial charge is 0.108 e. The predicted molar refractivity (Wildman–Crippen MR) is 168 cm³/mol. The van der Waals surface area contributed by atoms with Crippen LogP contribution in [0.25, 0.3) is 0 Å². The lowest BCUT2D eigenvalue weighted by atomic mass is 9.13. The lowest BCUT2D eigenvalue weighted by Gasteiger charge is -2.44. The molecular formula is C36H44BNO. The fraction of sp³-hybridized carbons (Fsp3) is 0.333. The van der Waals surface area contributed by atoms with Gasteiger partial charge in [0.15, 0.2) is 0 Å². The molecule has 2 bridgehead atoms. The molecule has 2 fully saturated rings. The summed E-state index contributed by atoms with van der Waals surface area (Å²) in [4.78, 5) is 1.67. The number of nitrogens with one attached hydrogen (secondary N) is 1. The molecule has 2 N–H and O–H groups in total. The molecule has 2 heterocycles. The van der Waals surface area contributed by atoms with E-state index in [1.165, 1.54) is 56.9 Å². The van der Waals surface area contributed by atoms with Gasteiger partial charge in [0, 0.05) is 25.7 Å². The number of aliphatic hydroxyl groups is 1. The maximum absolute atomic E-state index is 9.39. The summed E-state index contributed by atoms with van der Waals surface area (Å²) in [5.41, 5.74) is 10.6. The lowest BCUT2D eigenvalue weighted by Crippen LogP contribution is -3.15. The van der Waals surface area contributed by atoms with Crippen molar-refractivity contribution in [3.05, 3.63) is 119 Å². The van der Waals surface area contributed by atoms with Gasteiger partial charge in [0.25, 0.3) is 0 Å². The number of fused-ring (bicyclic) bond motifs is 2. The zero-order chi connectivity index (χ0) is 27.6. The van der Waals surface area contributed by atoms with Gasteiger partial charge in [-0.25, -0.2) is 0 Å². The molecule has 2 aliphatic heterocycles. The van der Waals surface area contributed by atoms with Crippen molar-refractivity contribution in [1.29, 1.82) is 0 Å². The second-order valence-electron chi connectivity index (χ2n) is 12.3. The quantitative estimate of drug-likeness (QED) is 0.398. The summed E-state index contributed by atoms with van der Waals surface area (Å²) >= 11 is 0. The van der Waals surface area contributed by atoms with Crippen LogP contribution in [0.3, 0.4) is 0 Å². The Labute approximate surface area is 235 Å². The van der Waals surface area contributed by atoms with Crippen LogP contribution in [-0.4, -0.2) is 36.5 Å². The molecule has 0 aromatic heterocycles. The molecule has 2 atom stereocenters. The van der Waals surface area contributed by atoms with Crippen molar-refractivity contribution in [2.24, 2.45) is 0 Å². The Balaban J connectivity index is 0.000000257. The molecule has 39 heavy (non-hydrogen) atoms. The highest BCUT2D eigenvalue weighted by molar-refractivity contribution is 7.19. The Hall–Kier alpha value is -3.14. The molecule has 0 saturated carbocycles. The predicted octanol–water partition coefficient (Wildman–Crippen LogP) is 3.48. The van der Waals surface area contributed by atoms with Crippen molar-refractivity contribution in [2.75, 3.05) is 7.05 Å². The first-order valence-corrected chi connectivity index (χ1v) is 14.7. The van der Waals surface area contributed by atoms with E-state index in [4.69, 9.17) is 0 Å². The van der Waals surface area contributed by atoms with Crippen LogP contribution < -0.4 is 26.8 Å². The molecular weight excluding hydrogens is 473 g/mol. The molecule has 202 valence electrons. The Bertz CT molecular complexity index is 1160. The number of hydrogen-bond donors (Lipinski definition) is 2. The monoisotopic (exact) mass is 517 g/mol. The van der Waals surface area contributed by atoms with E-state index in [0.29, 0.717) is 0 Å². The van der Waals surface area contributed by atoms with Crippen LogP contribution >= 0.6 is 0 Å². The molecule has 3 heteroatoms. The van der Waals surface area contributed by atoms with E-state index in [2.05, 4.69) is 132 Å². The second kappa shape index (κ2) is 11.5. The van der Waals surface area contributed by atoms with Gasteiger partial charge in [-0.3, -0.25) is 0 Å². The van der Waals surface area contributed by atoms with Crippen molar-refractivity contribution in [3.8, 4) is 0 Å². The largest absolute Gasteiger partial charge is 0.393 e. The third-order valence-electron chi connectivity index (χ3n) is 9.57. The van der Waals surface area contributed by atoms with Gasteiger partial charge in [-0.1, -0.05) is 119 Å². The molecule has 0 spiro atoms. The molecule has 4 aromatic rings. The molecule has 0 aliphatic carbocycles. The fourth-order valence-corrected chi connectivity index (χ4v) is 7.13. The number of rotatable bonds is 4. The van der Waals surface area contributed by atoms with E-state index in [0.717, 1.165) is 24.9 Å². The molecule has 0 radical (unpaired) electrons. The highest BCUT2D eigenvalue weighted by atomic mass is 16.3. The minimum Gasteiger partial charge on any atom is -0.393 e. The number of benzene rings is 4. The molecule has 4 aromatic carbocycles. The zero-order valence-electron chi connectivity index (χ0n) is 24.3. The van der Waals surface area contributed by atoms with E-state index < -0.39 is 6.15 Å². The summed E-state index contributed by atoms with van der Waals surface area (Å²) < 4.78 is 0. The third-order valence-corrected chi connectivity index (χ3v) is 9.57. The van der Waals surface area contributed by atoms with Crippen LogP contribution in [0.2, 0.25) is 0 Å². The van der Waals surface area contributed by atoms with Crippen molar-refractivity contribution >= 4 is 28.0 Å². The summed E-state index contributed by atoms with van der Waals surface area (Å²) in [7, 11) is 2.27. The van der Waals surface area contributed by atoms with Crippen molar-refractivity contribution < 1.29 is 10.0 Å². The summed E-state index contributed by atoms with van der Waals surface area (Å²) in [6, 6.07) is 38.0. The van der Waals surface area contributed by atoms with Crippen molar-refractivity contribution in [3.63, 3.8) is 0 Å². The lowest BCUT2D eigenvalue weighted by molar-refractivity contribution is -0.923. The van der Waals surface area contributed by atoms with Gasteiger partial charge >= 0.3 is 0 Å². The molecule has 2 nitrogen and oxygen atoms in total. The average molecular weight is 518 g/mol. The zero-order valence-corrected chi connectivity index (χ0v) is 24.3. The minimum absolute atomic E-state index is 0.0150. The Morgan fingerprint density at radius 2 is 0.769 bits per heavy atom. The van der Waals surface area contributed by atoms with E-state index in [-0.39, 0.29) is 6.10 Å². The molecule has 2 unspecified atom stereocenters. The third kappa shape index (κ3) is 5.62. The normalized spacial score (nSPS) is 22.2. The number of quaternary nitrogens is 1. The second-order valence-corrected chi connectivity index (χ2v) is 12.3. The van der Waals surface area contributed by atoms with Crippen LogP contribution in [-0.2, 0) is 0 Å².